The molecule has 0 amide bonds. The number of nitrogens with one attached hydrogen (secondary N) is 1. The van der Waals surface area contributed by atoms with Gasteiger partial charge in [0.05, 0.1) is 7.11 Å². The molecule has 0 saturated heterocycles. The molecule has 1 aromatic carbocycles. The number of aryl methyl sites for hydroxylation is 1. The van der Waals surface area contributed by atoms with Crippen LogP contribution < -0.4 is 14.8 Å². The second-order valence-electron chi connectivity index (χ2n) is 4.64. The summed E-state index contributed by atoms with van der Waals surface area (Å²) in [7, 11) is 1.63. The number of hydrogen-bond donors (Lipinski definition) is 1. The van der Waals surface area contributed by atoms with Crippen LogP contribution in [-0.2, 0) is 13.2 Å². The van der Waals surface area contributed by atoms with Gasteiger partial charge >= 0.3 is 0 Å². The molecule has 0 aliphatic carbocycles. The molecule has 0 unspecified atom stereocenters. The van der Waals surface area contributed by atoms with Gasteiger partial charge in [0.15, 0.2) is 18.1 Å². The number of aromatic nitrogens is 2. The van der Waals surface area contributed by atoms with Crippen molar-refractivity contribution < 1.29 is 14.0 Å². The van der Waals surface area contributed by atoms with Crippen LogP contribution in [0.1, 0.15) is 30.6 Å². The molecule has 2 aromatic rings. The summed E-state index contributed by atoms with van der Waals surface area (Å²) >= 11 is 0. The van der Waals surface area contributed by atoms with E-state index in [0.717, 1.165) is 25.1 Å². The highest BCUT2D eigenvalue weighted by Crippen LogP contribution is 2.31. The van der Waals surface area contributed by atoms with Crippen LogP contribution in [-0.4, -0.2) is 23.8 Å². The number of para-hydroxylation sites is 1. The molecule has 114 valence electrons. The van der Waals surface area contributed by atoms with E-state index in [-0.39, 0.29) is 6.61 Å². The summed E-state index contributed by atoms with van der Waals surface area (Å²) in [6.45, 7) is 5.82. The number of nitrogens with zero attached hydrogens (tertiary/aromatic N) is 2. The van der Waals surface area contributed by atoms with Crippen LogP contribution in [0.3, 0.4) is 0 Å². The van der Waals surface area contributed by atoms with Crippen molar-refractivity contribution in [1.29, 1.82) is 0 Å². The lowest BCUT2D eigenvalue weighted by molar-refractivity contribution is 0.266. The molecular formula is C15H21N3O3. The summed E-state index contributed by atoms with van der Waals surface area (Å²) in [5.41, 5.74) is 1.04. The molecule has 6 nitrogen and oxygen atoms in total. The Labute approximate surface area is 124 Å². The largest absolute Gasteiger partial charge is 0.493 e. The van der Waals surface area contributed by atoms with Gasteiger partial charge in [0, 0.05) is 19.0 Å². The maximum Gasteiger partial charge on any atom is 0.223 e. The molecule has 0 saturated carbocycles. The Morgan fingerprint density at radius 1 is 1.33 bits per heavy atom. The van der Waals surface area contributed by atoms with Crippen LogP contribution >= 0.6 is 0 Å². The molecule has 1 heterocycles. The normalized spacial score (nSPS) is 10.6. The Bertz CT molecular complexity index is 569. The van der Waals surface area contributed by atoms with Crippen molar-refractivity contribution in [1.82, 2.24) is 15.5 Å². The van der Waals surface area contributed by atoms with E-state index < -0.39 is 0 Å². The second kappa shape index (κ2) is 7.64. The van der Waals surface area contributed by atoms with Gasteiger partial charge in [0.2, 0.25) is 11.7 Å². The topological polar surface area (TPSA) is 69.4 Å². The molecule has 1 aromatic heterocycles. The van der Waals surface area contributed by atoms with Crippen LogP contribution in [0.2, 0.25) is 0 Å². The van der Waals surface area contributed by atoms with Crippen molar-refractivity contribution in [3.63, 3.8) is 0 Å². The highest BCUT2D eigenvalue weighted by molar-refractivity contribution is 5.46. The molecule has 0 radical (unpaired) electrons. The SMILES string of the molecule is CCCNCc1cccc(OC)c1OCc1noc(C)n1. The number of hydrogen-bond acceptors (Lipinski definition) is 6. The zero-order chi connectivity index (χ0) is 15.1. The highest BCUT2D eigenvalue weighted by atomic mass is 16.5. The number of ether oxygens (including phenoxy) is 2. The first-order valence-corrected chi connectivity index (χ1v) is 7.03. The van der Waals surface area contributed by atoms with Gasteiger partial charge in [-0.15, -0.1) is 0 Å². The Kier molecular flexibility index (Phi) is 5.57. The smallest absolute Gasteiger partial charge is 0.223 e. The Morgan fingerprint density at radius 3 is 2.86 bits per heavy atom. The van der Waals surface area contributed by atoms with Crippen LogP contribution in [0, 0.1) is 6.92 Å². The van der Waals surface area contributed by atoms with Crippen molar-refractivity contribution in [2.45, 2.75) is 33.4 Å². The molecule has 21 heavy (non-hydrogen) atoms. The summed E-state index contributed by atoms with van der Waals surface area (Å²) in [6.07, 6.45) is 1.09. The fourth-order valence-electron chi connectivity index (χ4n) is 1.96. The Balaban J connectivity index is 2.10. The van der Waals surface area contributed by atoms with Crippen LogP contribution in [0.5, 0.6) is 11.5 Å². The second-order valence-corrected chi connectivity index (χ2v) is 4.64. The van der Waals surface area contributed by atoms with E-state index in [0.29, 0.717) is 23.2 Å². The average Bonchev–Trinajstić information content (AvgIpc) is 2.91. The predicted octanol–water partition coefficient (Wildman–Crippen LogP) is 2.47. The number of methoxy groups -OCH3 is 1. The van der Waals surface area contributed by atoms with Gasteiger partial charge in [0.1, 0.15) is 0 Å². The minimum absolute atomic E-state index is 0.249. The first-order chi connectivity index (χ1) is 10.2. The van der Waals surface area contributed by atoms with Crippen molar-refractivity contribution >= 4 is 0 Å². The molecule has 0 spiro atoms. The third-order valence-electron chi connectivity index (χ3n) is 2.94. The summed E-state index contributed by atoms with van der Waals surface area (Å²) in [5, 5.41) is 7.18. The molecule has 0 fully saturated rings. The monoisotopic (exact) mass is 291 g/mol. The van der Waals surface area contributed by atoms with E-state index in [1.165, 1.54) is 0 Å². The van der Waals surface area contributed by atoms with Crippen molar-refractivity contribution in [2.75, 3.05) is 13.7 Å². The van der Waals surface area contributed by atoms with E-state index in [1.807, 2.05) is 18.2 Å². The lowest BCUT2D eigenvalue weighted by atomic mass is 10.2. The third kappa shape index (κ3) is 4.19. The highest BCUT2D eigenvalue weighted by Gasteiger charge is 2.12. The zero-order valence-electron chi connectivity index (χ0n) is 12.7. The molecule has 0 bridgehead atoms. The molecule has 0 aliphatic heterocycles. The first-order valence-electron chi connectivity index (χ1n) is 7.03. The summed E-state index contributed by atoms with van der Waals surface area (Å²) in [6, 6.07) is 5.84. The standard InChI is InChI=1S/C15H21N3O3/c1-4-8-16-9-12-6-5-7-13(19-3)15(12)20-10-14-17-11(2)21-18-14/h5-7,16H,4,8-10H2,1-3H3. The number of rotatable bonds is 8. The van der Waals surface area contributed by atoms with Gasteiger partial charge in [-0.1, -0.05) is 24.2 Å². The van der Waals surface area contributed by atoms with Gasteiger partial charge in [-0.25, -0.2) is 0 Å². The summed E-state index contributed by atoms with van der Waals surface area (Å²) in [4.78, 5) is 4.13. The van der Waals surface area contributed by atoms with Gasteiger partial charge in [-0.05, 0) is 19.0 Å². The fraction of sp³-hybridized carbons (Fsp3) is 0.467. The zero-order valence-corrected chi connectivity index (χ0v) is 12.7. The van der Waals surface area contributed by atoms with Crippen LogP contribution in [0.15, 0.2) is 22.7 Å². The van der Waals surface area contributed by atoms with Crippen LogP contribution in [0.25, 0.3) is 0 Å². The van der Waals surface area contributed by atoms with Crippen molar-refractivity contribution in [3.8, 4) is 11.5 Å². The maximum absolute atomic E-state index is 5.84. The summed E-state index contributed by atoms with van der Waals surface area (Å²) in [5.74, 6) is 2.46. The quantitative estimate of drug-likeness (QED) is 0.753. The van der Waals surface area contributed by atoms with Gasteiger partial charge in [-0.3, -0.25) is 0 Å². The first kappa shape index (κ1) is 15.3. The van der Waals surface area contributed by atoms with E-state index in [1.54, 1.807) is 14.0 Å². The van der Waals surface area contributed by atoms with E-state index in [9.17, 15) is 0 Å². The molecule has 0 atom stereocenters. The summed E-state index contributed by atoms with van der Waals surface area (Å²) < 4.78 is 16.1. The maximum atomic E-state index is 5.84. The fourth-order valence-corrected chi connectivity index (χ4v) is 1.96. The molecule has 0 aliphatic rings. The van der Waals surface area contributed by atoms with Crippen molar-refractivity contribution in [2.24, 2.45) is 0 Å². The third-order valence-corrected chi connectivity index (χ3v) is 2.94. The van der Waals surface area contributed by atoms with Gasteiger partial charge in [-0.2, -0.15) is 4.98 Å². The van der Waals surface area contributed by atoms with Gasteiger partial charge < -0.3 is 19.3 Å². The minimum Gasteiger partial charge on any atom is -0.493 e. The average molecular weight is 291 g/mol. The van der Waals surface area contributed by atoms with E-state index in [4.69, 9.17) is 14.0 Å². The van der Waals surface area contributed by atoms with Crippen LogP contribution in [0.4, 0.5) is 0 Å². The molecular weight excluding hydrogens is 270 g/mol. The molecule has 6 heteroatoms. The molecule has 2 rings (SSSR count). The van der Waals surface area contributed by atoms with E-state index >= 15 is 0 Å². The predicted molar refractivity (Wildman–Crippen MR) is 78.4 cm³/mol. The Morgan fingerprint density at radius 2 is 2.19 bits per heavy atom. The Hall–Kier alpha value is -2.08. The lowest BCUT2D eigenvalue weighted by Crippen LogP contribution is -2.15. The number of benzene rings is 1. The lowest BCUT2D eigenvalue weighted by Gasteiger charge is -2.14. The van der Waals surface area contributed by atoms with Gasteiger partial charge in [0.25, 0.3) is 0 Å². The minimum atomic E-state index is 0.249. The van der Waals surface area contributed by atoms with Crippen molar-refractivity contribution in [3.05, 3.63) is 35.5 Å². The molecule has 1 N–H and O–H groups in total. The van der Waals surface area contributed by atoms with E-state index in [2.05, 4.69) is 22.4 Å².